The fraction of sp³-hybridized carbons (Fsp3) is 0.333. The number of rotatable bonds is 4. The number of fused-ring (bicyclic) bond motifs is 1. The molecule has 4 heterocycles. The molecule has 29 heavy (non-hydrogen) atoms. The number of para-hydroxylation sites is 1. The van der Waals surface area contributed by atoms with Gasteiger partial charge in [-0.3, -0.25) is 4.90 Å². The smallest absolute Gasteiger partial charge is 0.230 e. The SMILES string of the molecule is Cc1nc2sc([C@H](c3ccc(C)o3)N3CCN(c4ccccc4)CC3)c(O)n2n1. The van der Waals surface area contributed by atoms with Gasteiger partial charge in [0, 0.05) is 31.9 Å². The van der Waals surface area contributed by atoms with Crippen LogP contribution in [-0.2, 0) is 0 Å². The zero-order chi connectivity index (χ0) is 20.0. The summed E-state index contributed by atoms with van der Waals surface area (Å²) in [7, 11) is 0. The van der Waals surface area contributed by atoms with Gasteiger partial charge in [-0.05, 0) is 38.1 Å². The first-order chi connectivity index (χ1) is 14.1. The molecule has 1 fully saturated rings. The van der Waals surface area contributed by atoms with E-state index in [1.54, 1.807) is 0 Å². The molecule has 8 heteroatoms. The Kier molecular flexibility index (Phi) is 4.52. The fourth-order valence-corrected chi connectivity index (χ4v) is 5.12. The molecule has 0 amide bonds. The lowest BCUT2D eigenvalue weighted by Gasteiger charge is -2.39. The van der Waals surface area contributed by atoms with Crippen molar-refractivity contribution in [1.82, 2.24) is 19.5 Å². The Bertz CT molecular complexity index is 1120. The molecule has 0 spiro atoms. The maximum absolute atomic E-state index is 10.9. The number of anilines is 1. The molecule has 0 unspecified atom stereocenters. The molecule has 0 saturated carbocycles. The van der Waals surface area contributed by atoms with E-state index in [0.29, 0.717) is 10.8 Å². The van der Waals surface area contributed by atoms with Crippen LogP contribution in [0.5, 0.6) is 5.88 Å². The van der Waals surface area contributed by atoms with Gasteiger partial charge in [0.25, 0.3) is 0 Å². The molecule has 150 valence electrons. The van der Waals surface area contributed by atoms with Crippen LogP contribution in [-0.4, -0.2) is 50.8 Å². The third kappa shape index (κ3) is 3.28. The number of benzene rings is 1. The molecule has 0 radical (unpaired) electrons. The fourth-order valence-electron chi connectivity index (χ4n) is 3.98. The normalized spacial score (nSPS) is 16.6. The highest BCUT2D eigenvalue weighted by atomic mass is 32.1. The molecular formula is C21H23N5O2S. The average molecular weight is 410 g/mol. The minimum atomic E-state index is -0.157. The molecule has 0 bridgehead atoms. The van der Waals surface area contributed by atoms with E-state index in [1.807, 2.05) is 32.0 Å². The Morgan fingerprint density at radius 1 is 1.03 bits per heavy atom. The van der Waals surface area contributed by atoms with Crippen LogP contribution >= 0.6 is 11.3 Å². The first-order valence-corrected chi connectivity index (χ1v) is 10.6. The number of hydrogen-bond acceptors (Lipinski definition) is 7. The van der Waals surface area contributed by atoms with E-state index in [0.717, 1.165) is 42.6 Å². The van der Waals surface area contributed by atoms with Crippen LogP contribution in [0.1, 0.15) is 28.3 Å². The van der Waals surface area contributed by atoms with Crippen LogP contribution < -0.4 is 4.90 Å². The van der Waals surface area contributed by atoms with Gasteiger partial charge in [0.05, 0.1) is 4.88 Å². The summed E-state index contributed by atoms with van der Waals surface area (Å²) in [6.45, 7) is 7.34. The maximum Gasteiger partial charge on any atom is 0.230 e. The number of thiazole rings is 1. The zero-order valence-corrected chi connectivity index (χ0v) is 17.3. The van der Waals surface area contributed by atoms with Crippen LogP contribution in [0, 0.1) is 13.8 Å². The van der Waals surface area contributed by atoms with Crippen LogP contribution in [0.2, 0.25) is 0 Å². The number of nitrogens with zero attached hydrogens (tertiary/aromatic N) is 5. The van der Waals surface area contributed by atoms with E-state index >= 15 is 0 Å². The van der Waals surface area contributed by atoms with Gasteiger partial charge in [-0.2, -0.15) is 4.52 Å². The molecule has 1 saturated heterocycles. The second kappa shape index (κ2) is 7.20. The van der Waals surface area contributed by atoms with Crippen molar-refractivity contribution < 1.29 is 9.52 Å². The molecule has 1 aliphatic rings. The summed E-state index contributed by atoms with van der Waals surface area (Å²) in [6, 6.07) is 14.3. The topological polar surface area (TPSA) is 70.0 Å². The van der Waals surface area contributed by atoms with Crippen molar-refractivity contribution >= 4 is 22.0 Å². The quantitative estimate of drug-likeness (QED) is 0.555. The minimum Gasteiger partial charge on any atom is -0.492 e. The third-order valence-electron chi connectivity index (χ3n) is 5.39. The molecule has 1 N–H and O–H groups in total. The number of hydrogen-bond donors (Lipinski definition) is 1. The average Bonchev–Trinajstić information content (AvgIpc) is 3.40. The highest BCUT2D eigenvalue weighted by molar-refractivity contribution is 7.17. The molecule has 4 aromatic rings. The van der Waals surface area contributed by atoms with Gasteiger partial charge in [0.15, 0.2) is 0 Å². The minimum absolute atomic E-state index is 0.148. The van der Waals surface area contributed by atoms with Crippen LogP contribution in [0.15, 0.2) is 46.9 Å². The third-order valence-corrected chi connectivity index (χ3v) is 6.46. The van der Waals surface area contributed by atoms with E-state index in [4.69, 9.17) is 4.42 Å². The summed E-state index contributed by atoms with van der Waals surface area (Å²) >= 11 is 1.47. The van der Waals surface area contributed by atoms with Crippen molar-refractivity contribution in [2.75, 3.05) is 31.1 Å². The number of aromatic nitrogens is 3. The molecule has 1 aliphatic heterocycles. The summed E-state index contributed by atoms with van der Waals surface area (Å²) < 4.78 is 7.53. The lowest BCUT2D eigenvalue weighted by atomic mass is 10.1. The van der Waals surface area contributed by atoms with Crippen LogP contribution in [0.25, 0.3) is 4.96 Å². The predicted octanol–water partition coefficient (Wildman–Crippen LogP) is 3.62. The lowest BCUT2D eigenvalue weighted by molar-refractivity contribution is 0.190. The van der Waals surface area contributed by atoms with Gasteiger partial charge in [-0.1, -0.05) is 29.5 Å². The van der Waals surface area contributed by atoms with Gasteiger partial charge in [-0.25, -0.2) is 4.98 Å². The van der Waals surface area contributed by atoms with Crippen molar-refractivity contribution in [2.24, 2.45) is 0 Å². The zero-order valence-electron chi connectivity index (χ0n) is 16.4. The molecule has 1 atom stereocenters. The highest BCUT2D eigenvalue weighted by Crippen LogP contribution is 2.40. The van der Waals surface area contributed by atoms with Gasteiger partial charge in [-0.15, -0.1) is 5.10 Å². The molecule has 7 nitrogen and oxygen atoms in total. The number of aromatic hydroxyl groups is 1. The first-order valence-electron chi connectivity index (χ1n) is 9.75. The number of piperazine rings is 1. The highest BCUT2D eigenvalue weighted by Gasteiger charge is 2.33. The molecule has 5 rings (SSSR count). The number of furan rings is 1. The second-order valence-electron chi connectivity index (χ2n) is 7.35. The van der Waals surface area contributed by atoms with Gasteiger partial charge >= 0.3 is 0 Å². The second-order valence-corrected chi connectivity index (χ2v) is 8.36. The summed E-state index contributed by atoms with van der Waals surface area (Å²) in [5.74, 6) is 2.50. The molecule has 0 aliphatic carbocycles. The van der Waals surface area contributed by atoms with Crippen molar-refractivity contribution in [2.45, 2.75) is 19.9 Å². The predicted molar refractivity (Wildman–Crippen MR) is 113 cm³/mol. The monoisotopic (exact) mass is 409 g/mol. The number of aryl methyl sites for hydroxylation is 2. The Morgan fingerprint density at radius 2 is 1.79 bits per heavy atom. The molecule has 1 aromatic carbocycles. The van der Waals surface area contributed by atoms with Gasteiger partial charge in [0.1, 0.15) is 23.4 Å². The summed E-state index contributed by atoms with van der Waals surface area (Å²) in [4.78, 5) is 10.7. The molecule has 3 aromatic heterocycles. The van der Waals surface area contributed by atoms with Crippen molar-refractivity contribution in [3.63, 3.8) is 0 Å². The molecular weight excluding hydrogens is 386 g/mol. The van der Waals surface area contributed by atoms with E-state index in [1.165, 1.54) is 21.5 Å². The van der Waals surface area contributed by atoms with Crippen molar-refractivity contribution in [3.8, 4) is 5.88 Å². The Morgan fingerprint density at radius 3 is 2.45 bits per heavy atom. The van der Waals surface area contributed by atoms with Crippen molar-refractivity contribution in [3.05, 3.63) is 64.7 Å². The standard InChI is InChI=1S/C21H23N5O2S/c1-14-8-9-17(28-14)18(19-20(27)26-21(29-19)22-15(2)23-26)25-12-10-24(11-13-25)16-6-4-3-5-7-16/h3-9,18,27H,10-13H2,1-2H3/t18-/m0/s1. The van der Waals surface area contributed by atoms with Crippen molar-refractivity contribution in [1.29, 1.82) is 0 Å². The largest absolute Gasteiger partial charge is 0.492 e. The van der Waals surface area contributed by atoms with E-state index < -0.39 is 0 Å². The summed E-state index contributed by atoms with van der Waals surface area (Å²) in [5.41, 5.74) is 1.25. The summed E-state index contributed by atoms with van der Waals surface area (Å²) in [6.07, 6.45) is 0. The first kappa shape index (κ1) is 18.2. The maximum atomic E-state index is 10.9. The Balaban J connectivity index is 1.47. The van der Waals surface area contributed by atoms with E-state index in [2.05, 4.69) is 44.1 Å². The van der Waals surface area contributed by atoms with Gasteiger partial charge < -0.3 is 14.4 Å². The van der Waals surface area contributed by atoms with Crippen LogP contribution in [0.3, 0.4) is 0 Å². The Hall–Kier alpha value is -2.84. The van der Waals surface area contributed by atoms with Crippen LogP contribution in [0.4, 0.5) is 5.69 Å². The summed E-state index contributed by atoms with van der Waals surface area (Å²) in [5, 5.41) is 15.2. The van der Waals surface area contributed by atoms with Gasteiger partial charge in [0.2, 0.25) is 10.8 Å². The lowest BCUT2D eigenvalue weighted by Crippen LogP contribution is -2.47. The Labute approximate surface area is 172 Å². The van der Waals surface area contributed by atoms with E-state index in [9.17, 15) is 5.11 Å². The van der Waals surface area contributed by atoms with E-state index in [-0.39, 0.29) is 11.9 Å².